The number of hydrogen-bond acceptors (Lipinski definition) is 3. The number of piperidine rings is 1. The van der Waals surface area contributed by atoms with Crippen molar-refractivity contribution < 1.29 is 4.79 Å². The predicted molar refractivity (Wildman–Crippen MR) is 75.3 cm³/mol. The summed E-state index contributed by atoms with van der Waals surface area (Å²) >= 11 is 0. The third-order valence-electron chi connectivity index (χ3n) is 4.16. The highest BCUT2D eigenvalue weighted by Gasteiger charge is 2.30. The van der Waals surface area contributed by atoms with Gasteiger partial charge in [-0.25, -0.2) is 0 Å². The van der Waals surface area contributed by atoms with Crippen molar-refractivity contribution in [2.75, 3.05) is 19.6 Å². The standard InChI is InChI=1S/C14H29N3O/c1-4-7-16-14(18)9-13(10-15)17-8-5-6-11(2)12(17)3/h11-13H,4-10,15H2,1-3H3,(H,16,18). The van der Waals surface area contributed by atoms with E-state index in [1.165, 1.54) is 12.8 Å². The fourth-order valence-corrected chi connectivity index (χ4v) is 2.77. The largest absolute Gasteiger partial charge is 0.356 e. The number of hydrogen-bond donors (Lipinski definition) is 2. The fourth-order valence-electron chi connectivity index (χ4n) is 2.77. The van der Waals surface area contributed by atoms with E-state index in [4.69, 9.17) is 5.73 Å². The molecule has 3 atom stereocenters. The molecule has 0 aliphatic carbocycles. The average Bonchev–Trinajstić information content (AvgIpc) is 2.37. The van der Waals surface area contributed by atoms with Gasteiger partial charge >= 0.3 is 0 Å². The Kier molecular flexibility index (Phi) is 6.65. The molecule has 0 saturated carbocycles. The molecule has 1 saturated heterocycles. The monoisotopic (exact) mass is 255 g/mol. The van der Waals surface area contributed by atoms with E-state index in [0.29, 0.717) is 24.9 Å². The van der Waals surface area contributed by atoms with E-state index in [2.05, 4.69) is 31.0 Å². The Morgan fingerprint density at radius 2 is 2.22 bits per heavy atom. The van der Waals surface area contributed by atoms with Crippen LogP contribution in [0.3, 0.4) is 0 Å². The number of carbonyl (C=O) groups is 1. The topological polar surface area (TPSA) is 58.4 Å². The molecule has 3 unspecified atom stereocenters. The summed E-state index contributed by atoms with van der Waals surface area (Å²) in [4.78, 5) is 14.2. The number of nitrogens with two attached hydrogens (primary N) is 1. The van der Waals surface area contributed by atoms with E-state index in [0.717, 1.165) is 19.5 Å². The second-order valence-corrected chi connectivity index (χ2v) is 5.54. The molecular weight excluding hydrogens is 226 g/mol. The molecule has 1 aliphatic rings. The third-order valence-corrected chi connectivity index (χ3v) is 4.16. The van der Waals surface area contributed by atoms with E-state index in [1.807, 2.05) is 0 Å². The minimum atomic E-state index is 0.137. The Labute approximate surface area is 111 Å². The number of nitrogens with zero attached hydrogens (tertiary/aromatic N) is 1. The van der Waals surface area contributed by atoms with Crippen LogP contribution >= 0.6 is 0 Å². The van der Waals surface area contributed by atoms with Crippen molar-refractivity contribution >= 4 is 5.91 Å². The van der Waals surface area contributed by atoms with Crippen LogP contribution in [0.2, 0.25) is 0 Å². The molecule has 0 aromatic rings. The van der Waals surface area contributed by atoms with Crippen molar-refractivity contribution in [2.45, 2.75) is 58.5 Å². The van der Waals surface area contributed by atoms with Crippen LogP contribution in [0.25, 0.3) is 0 Å². The minimum Gasteiger partial charge on any atom is -0.356 e. The van der Waals surface area contributed by atoms with Crippen LogP contribution in [0.4, 0.5) is 0 Å². The van der Waals surface area contributed by atoms with Gasteiger partial charge in [0.1, 0.15) is 0 Å². The predicted octanol–water partition coefficient (Wildman–Crippen LogP) is 1.35. The molecule has 0 aromatic heterocycles. The molecule has 1 aliphatic heterocycles. The summed E-state index contributed by atoms with van der Waals surface area (Å²) in [6, 6.07) is 0.728. The Balaban J connectivity index is 2.51. The Morgan fingerprint density at radius 3 is 2.83 bits per heavy atom. The van der Waals surface area contributed by atoms with Crippen LogP contribution in [0.5, 0.6) is 0 Å². The van der Waals surface area contributed by atoms with Gasteiger partial charge in [0.05, 0.1) is 0 Å². The second kappa shape index (κ2) is 7.74. The first-order valence-electron chi connectivity index (χ1n) is 7.32. The maximum atomic E-state index is 11.8. The summed E-state index contributed by atoms with van der Waals surface area (Å²) in [5, 5.41) is 2.94. The highest BCUT2D eigenvalue weighted by molar-refractivity contribution is 5.76. The molecule has 0 radical (unpaired) electrons. The number of amides is 1. The summed E-state index contributed by atoms with van der Waals surface area (Å²) < 4.78 is 0. The zero-order valence-electron chi connectivity index (χ0n) is 12.1. The van der Waals surface area contributed by atoms with Crippen molar-refractivity contribution in [3.8, 4) is 0 Å². The van der Waals surface area contributed by atoms with E-state index in [9.17, 15) is 4.79 Å². The van der Waals surface area contributed by atoms with E-state index in [1.54, 1.807) is 0 Å². The van der Waals surface area contributed by atoms with Gasteiger partial charge in [0.25, 0.3) is 0 Å². The summed E-state index contributed by atoms with van der Waals surface area (Å²) in [5.74, 6) is 0.837. The molecule has 1 amide bonds. The molecule has 106 valence electrons. The van der Waals surface area contributed by atoms with Gasteiger partial charge in [-0.05, 0) is 38.6 Å². The first kappa shape index (κ1) is 15.4. The third kappa shape index (κ3) is 4.25. The second-order valence-electron chi connectivity index (χ2n) is 5.54. The zero-order chi connectivity index (χ0) is 13.5. The van der Waals surface area contributed by atoms with Gasteiger partial charge in [-0.1, -0.05) is 13.8 Å². The van der Waals surface area contributed by atoms with Crippen molar-refractivity contribution in [2.24, 2.45) is 11.7 Å². The maximum Gasteiger partial charge on any atom is 0.221 e. The molecular formula is C14H29N3O. The van der Waals surface area contributed by atoms with Crippen LogP contribution in [-0.2, 0) is 4.79 Å². The van der Waals surface area contributed by atoms with E-state index in [-0.39, 0.29) is 11.9 Å². The molecule has 3 N–H and O–H groups in total. The number of carbonyl (C=O) groups excluding carboxylic acids is 1. The lowest BCUT2D eigenvalue weighted by Gasteiger charge is -2.42. The van der Waals surface area contributed by atoms with Crippen LogP contribution in [-0.4, -0.2) is 42.5 Å². The van der Waals surface area contributed by atoms with Crippen LogP contribution in [0, 0.1) is 5.92 Å². The summed E-state index contributed by atoms with van der Waals surface area (Å²) in [7, 11) is 0. The summed E-state index contributed by atoms with van der Waals surface area (Å²) in [5.41, 5.74) is 5.87. The lowest BCUT2D eigenvalue weighted by molar-refractivity contribution is -0.122. The zero-order valence-corrected chi connectivity index (χ0v) is 12.1. The maximum absolute atomic E-state index is 11.8. The molecule has 18 heavy (non-hydrogen) atoms. The van der Waals surface area contributed by atoms with E-state index < -0.39 is 0 Å². The minimum absolute atomic E-state index is 0.137. The summed E-state index contributed by atoms with van der Waals surface area (Å²) in [6.45, 7) is 9.03. The lowest BCUT2D eigenvalue weighted by Crippen LogP contribution is -2.52. The Bertz CT molecular complexity index is 257. The average molecular weight is 255 g/mol. The quantitative estimate of drug-likeness (QED) is 0.753. The molecule has 0 bridgehead atoms. The van der Waals surface area contributed by atoms with Crippen molar-refractivity contribution in [1.82, 2.24) is 10.2 Å². The first-order valence-corrected chi connectivity index (χ1v) is 7.32. The van der Waals surface area contributed by atoms with Crippen LogP contribution in [0.1, 0.15) is 46.5 Å². The van der Waals surface area contributed by atoms with Crippen LogP contribution in [0.15, 0.2) is 0 Å². The normalized spacial score (nSPS) is 26.9. The molecule has 1 rings (SSSR count). The van der Waals surface area contributed by atoms with Crippen LogP contribution < -0.4 is 11.1 Å². The number of likely N-dealkylation sites (tertiary alicyclic amines) is 1. The Hall–Kier alpha value is -0.610. The number of rotatable bonds is 6. The molecule has 0 spiro atoms. The molecule has 0 aromatic carbocycles. The van der Waals surface area contributed by atoms with E-state index >= 15 is 0 Å². The highest BCUT2D eigenvalue weighted by Crippen LogP contribution is 2.25. The Morgan fingerprint density at radius 1 is 1.50 bits per heavy atom. The van der Waals surface area contributed by atoms with Gasteiger partial charge in [-0.3, -0.25) is 9.69 Å². The smallest absolute Gasteiger partial charge is 0.221 e. The van der Waals surface area contributed by atoms with Gasteiger partial charge < -0.3 is 11.1 Å². The van der Waals surface area contributed by atoms with Crippen molar-refractivity contribution in [1.29, 1.82) is 0 Å². The fraction of sp³-hybridized carbons (Fsp3) is 0.929. The highest BCUT2D eigenvalue weighted by atomic mass is 16.1. The van der Waals surface area contributed by atoms with Crippen molar-refractivity contribution in [3.05, 3.63) is 0 Å². The van der Waals surface area contributed by atoms with Crippen molar-refractivity contribution in [3.63, 3.8) is 0 Å². The van der Waals surface area contributed by atoms with Gasteiger partial charge in [-0.15, -0.1) is 0 Å². The van der Waals surface area contributed by atoms with Gasteiger partial charge in [0.2, 0.25) is 5.91 Å². The van der Waals surface area contributed by atoms with Gasteiger partial charge in [0.15, 0.2) is 0 Å². The molecule has 1 heterocycles. The van der Waals surface area contributed by atoms with Gasteiger partial charge in [0, 0.05) is 31.6 Å². The summed E-state index contributed by atoms with van der Waals surface area (Å²) in [6.07, 6.45) is 4.03. The molecule has 4 nitrogen and oxygen atoms in total. The lowest BCUT2D eigenvalue weighted by atomic mass is 9.90. The van der Waals surface area contributed by atoms with Gasteiger partial charge in [-0.2, -0.15) is 0 Å². The number of nitrogens with one attached hydrogen (secondary N) is 1. The molecule has 1 fully saturated rings. The molecule has 4 heteroatoms. The first-order chi connectivity index (χ1) is 8.60. The SMILES string of the molecule is CCCNC(=O)CC(CN)N1CCCC(C)C1C.